The minimum absolute atomic E-state index is 0.245. The molecule has 0 fully saturated rings. The zero-order chi connectivity index (χ0) is 23.5. The summed E-state index contributed by atoms with van der Waals surface area (Å²) >= 11 is 6.22. The summed E-state index contributed by atoms with van der Waals surface area (Å²) in [5.41, 5.74) is 13.3. The molecule has 2 aromatic carbocycles. The summed E-state index contributed by atoms with van der Waals surface area (Å²) in [6.45, 7) is 3.97. The number of hydrogen-bond acceptors (Lipinski definition) is 10. The summed E-state index contributed by atoms with van der Waals surface area (Å²) in [4.78, 5) is 8.74. The van der Waals surface area contributed by atoms with Gasteiger partial charge in [0.2, 0.25) is 11.3 Å². The highest BCUT2D eigenvalue weighted by atomic mass is 35.5. The lowest BCUT2D eigenvalue weighted by atomic mass is 10.1. The molecular weight excluding hydrogens is 456 g/mol. The predicted molar refractivity (Wildman–Crippen MR) is 131 cm³/mol. The normalized spacial score (nSPS) is 11.3. The summed E-state index contributed by atoms with van der Waals surface area (Å²) < 4.78 is 10.6. The topological polar surface area (TPSA) is 126 Å². The number of anilines is 3. The van der Waals surface area contributed by atoms with Crippen molar-refractivity contribution in [3.63, 3.8) is 0 Å². The van der Waals surface area contributed by atoms with E-state index in [1.807, 2.05) is 68.4 Å². The fourth-order valence-corrected chi connectivity index (χ4v) is 3.23. The van der Waals surface area contributed by atoms with Crippen molar-refractivity contribution in [2.75, 3.05) is 16.3 Å². The first-order valence-corrected chi connectivity index (χ1v) is 10.7. The van der Waals surface area contributed by atoms with Gasteiger partial charge in [0.15, 0.2) is 11.6 Å². The maximum atomic E-state index is 6.22. The van der Waals surface area contributed by atoms with Crippen molar-refractivity contribution in [3.05, 3.63) is 76.5 Å². The second-order valence-corrected chi connectivity index (χ2v) is 7.89. The summed E-state index contributed by atoms with van der Waals surface area (Å²) in [5.74, 6) is 1.90. The van der Waals surface area contributed by atoms with Crippen molar-refractivity contribution in [2.45, 2.75) is 13.8 Å². The third-order valence-corrected chi connectivity index (χ3v) is 5.34. The van der Waals surface area contributed by atoms with Gasteiger partial charge in [-0.1, -0.05) is 41.4 Å². The van der Waals surface area contributed by atoms with E-state index in [1.54, 1.807) is 0 Å². The number of aryl methyl sites for hydroxylation is 2. The van der Waals surface area contributed by atoms with Crippen molar-refractivity contribution >= 4 is 46.4 Å². The third-order valence-electron chi connectivity index (χ3n) is 4.94. The first kappa shape index (κ1) is 21.4. The molecule has 0 aliphatic heterocycles. The first-order valence-electron chi connectivity index (χ1n) is 10.3. The van der Waals surface area contributed by atoms with Gasteiger partial charge in [-0.2, -0.15) is 15.1 Å². The smallest absolute Gasteiger partial charge is 0.245 e. The monoisotopic (exact) mass is 474 g/mol. The SMILES string of the molecule is Cc1ccc(NNc2nc3nonc3nc2N/N=C/c2ccc(-c3ccc(C)c(Cl)c3)o2)cc1. The quantitative estimate of drug-likeness (QED) is 0.209. The number of aromatic nitrogens is 4. The lowest BCUT2D eigenvalue weighted by Gasteiger charge is -2.11. The van der Waals surface area contributed by atoms with E-state index in [-0.39, 0.29) is 11.3 Å². The molecule has 34 heavy (non-hydrogen) atoms. The number of nitrogens with one attached hydrogen (secondary N) is 3. The van der Waals surface area contributed by atoms with Crippen LogP contribution in [0.5, 0.6) is 0 Å². The number of fused-ring (bicyclic) bond motifs is 1. The highest BCUT2D eigenvalue weighted by Crippen LogP contribution is 2.26. The Bertz CT molecular complexity index is 1480. The maximum Gasteiger partial charge on any atom is 0.245 e. The largest absolute Gasteiger partial charge is 0.455 e. The van der Waals surface area contributed by atoms with Crippen LogP contribution in [0.1, 0.15) is 16.9 Å². The van der Waals surface area contributed by atoms with E-state index in [1.165, 1.54) is 6.21 Å². The van der Waals surface area contributed by atoms with E-state index in [4.69, 9.17) is 20.6 Å². The van der Waals surface area contributed by atoms with Crippen LogP contribution >= 0.6 is 11.6 Å². The predicted octanol–water partition coefficient (Wildman–Crippen LogP) is 5.43. The Morgan fingerprint density at radius 1 is 0.882 bits per heavy atom. The van der Waals surface area contributed by atoms with E-state index in [2.05, 4.69) is 41.7 Å². The van der Waals surface area contributed by atoms with Crippen LogP contribution in [-0.4, -0.2) is 26.5 Å². The van der Waals surface area contributed by atoms with E-state index >= 15 is 0 Å². The van der Waals surface area contributed by atoms with Gasteiger partial charge in [0.05, 0.1) is 11.9 Å². The van der Waals surface area contributed by atoms with E-state index < -0.39 is 0 Å². The molecule has 0 amide bonds. The summed E-state index contributed by atoms with van der Waals surface area (Å²) in [6, 6.07) is 17.3. The lowest BCUT2D eigenvalue weighted by molar-refractivity contribution is 0.314. The number of hydrazine groups is 1. The van der Waals surface area contributed by atoms with Crippen LogP contribution in [0.3, 0.4) is 0 Å². The van der Waals surface area contributed by atoms with Gasteiger partial charge in [0.25, 0.3) is 0 Å². The molecule has 5 aromatic rings. The average molecular weight is 475 g/mol. The number of nitrogens with zero attached hydrogens (tertiary/aromatic N) is 5. The van der Waals surface area contributed by atoms with Crippen LogP contribution in [0.15, 0.2) is 68.7 Å². The van der Waals surface area contributed by atoms with Crippen LogP contribution in [0.2, 0.25) is 5.02 Å². The average Bonchev–Trinajstić information content (AvgIpc) is 3.49. The highest BCUT2D eigenvalue weighted by Gasteiger charge is 2.12. The van der Waals surface area contributed by atoms with Crippen molar-refractivity contribution in [2.24, 2.45) is 5.10 Å². The van der Waals surface area contributed by atoms with Crippen LogP contribution in [0.25, 0.3) is 22.6 Å². The molecule has 0 aliphatic rings. The molecule has 3 aromatic heterocycles. The number of halogens is 1. The van der Waals surface area contributed by atoms with Crippen LogP contribution < -0.4 is 16.3 Å². The second kappa shape index (κ2) is 9.20. The number of benzene rings is 2. The number of furan rings is 1. The van der Waals surface area contributed by atoms with E-state index in [0.29, 0.717) is 28.2 Å². The fraction of sp³-hybridized carbons (Fsp3) is 0.0870. The Morgan fingerprint density at radius 2 is 1.65 bits per heavy atom. The van der Waals surface area contributed by atoms with E-state index in [0.717, 1.165) is 22.4 Å². The molecule has 11 heteroatoms. The summed E-state index contributed by atoms with van der Waals surface area (Å²) in [7, 11) is 0. The van der Waals surface area contributed by atoms with E-state index in [9.17, 15) is 0 Å². The molecule has 0 radical (unpaired) electrons. The molecule has 0 saturated carbocycles. The highest BCUT2D eigenvalue weighted by molar-refractivity contribution is 6.31. The van der Waals surface area contributed by atoms with Crippen molar-refractivity contribution < 1.29 is 9.05 Å². The Hall–Kier alpha value is -4.44. The number of hydrogen-bond donors (Lipinski definition) is 3. The van der Waals surface area contributed by atoms with Crippen LogP contribution in [0, 0.1) is 13.8 Å². The van der Waals surface area contributed by atoms with Gasteiger partial charge in [-0.25, -0.2) is 4.63 Å². The molecule has 0 unspecified atom stereocenters. The molecule has 10 nitrogen and oxygen atoms in total. The molecule has 0 aliphatic carbocycles. The molecule has 0 spiro atoms. The minimum atomic E-state index is 0.245. The lowest BCUT2D eigenvalue weighted by Crippen LogP contribution is -2.13. The van der Waals surface area contributed by atoms with Gasteiger partial charge in [0.1, 0.15) is 11.5 Å². The van der Waals surface area contributed by atoms with Gasteiger partial charge in [-0.3, -0.25) is 16.3 Å². The fourth-order valence-electron chi connectivity index (χ4n) is 3.05. The van der Waals surface area contributed by atoms with Crippen molar-refractivity contribution in [3.8, 4) is 11.3 Å². The number of rotatable bonds is 7. The second-order valence-electron chi connectivity index (χ2n) is 7.48. The van der Waals surface area contributed by atoms with Crippen LogP contribution in [0.4, 0.5) is 17.3 Å². The van der Waals surface area contributed by atoms with Crippen molar-refractivity contribution in [1.82, 2.24) is 20.3 Å². The Morgan fingerprint density at radius 3 is 2.41 bits per heavy atom. The molecule has 170 valence electrons. The maximum absolute atomic E-state index is 6.22. The Balaban J connectivity index is 1.33. The molecular formula is C23H19ClN8O2. The number of hydrazone groups is 1. The van der Waals surface area contributed by atoms with Crippen LogP contribution in [-0.2, 0) is 0 Å². The van der Waals surface area contributed by atoms with Crippen molar-refractivity contribution in [1.29, 1.82) is 0 Å². The molecule has 3 N–H and O–H groups in total. The summed E-state index contributed by atoms with van der Waals surface area (Å²) in [5, 5.41) is 12.4. The zero-order valence-electron chi connectivity index (χ0n) is 18.2. The molecule has 5 rings (SSSR count). The van der Waals surface area contributed by atoms with Gasteiger partial charge < -0.3 is 4.42 Å². The Labute approximate surface area is 199 Å². The van der Waals surface area contributed by atoms with Gasteiger partial charge >= 0.3 is 0 Å². The first-order chi connectivity index (χ1) is 16.5. The molecule has 0 saturated heterocycles. The summed E-state index contributed by atoms with van der Waals surface area (Å²) in [6.07, 6.45) is 1.53. The standard InChI is InChI=1S/C23H19ClN8O2/c1-13-3-7-16(8-4-13)28-30-21-20(26-22-23(27-21)32-34-31-22)29-25-12-17-9-10-19(33-17)15-6-5-14(2)18(24)11-15/h3-12,28H,1-2H3,(H,26,29,31)(H,27,30,32)/b25-12+. The van der Waals surface area contributed by atoms with Gasteiger partial charge in [0, 0.05) is 10.6 Å². The molecule has 0 bridgehead atoms. The van der Waals surface area contributed by atoms with Gasteiger partial charge in [-0.15, -0.1) is 0 Å². The Kier molecular flexibility index (Phi) is 5.79. The molecule has 0 atom stereocenters. The zero-order valence-corrected chi connectivity index (χ0v) is 19.0. The van der Waals surface area contributed by atoms with Gasteiger partial charge in [-0.05, 0) is 60.1 Å². The molecule has 3 heterocycles. The minimum Gasteiger partial charge on any atom is -0.455 e. The third kappa shape index (κ3) is 4.66.